The van der Waals surface area contributed by atoms with E-state index in [4.69, 9.17) is 10.5 Å². The molecule has 7 heteroatoms. The highest BCUT2D eigenvalue weighted by Gasteiger charge is 2.11. The molecule has 0 fully saturated rings. The molecular weight excluding hydrogens is 290 g/mol. The summed E-state index contributed by atoms with van der Waals surface area (Å²) in [5.74, 6) is -1.88. The van der Waals surface area contributed by atoms with Gasteiger partial charge < -0.3 is 10.5 Å². The van der Waals surface area contributed by atoms with E-state index in [9.17, 15) is 8.78 Å². The lowest BCUT2D eigenvalue weighted by atomic mass is 10.2. The number of hydrogen-bond donors (Lipinski definition) is 1. The Morgan fingerprint density at radius 2 is 2.18 bits per heavy atom. The van der Waals surface area contributed by atoms with E-state index in [0.29, 0.717) is 17.9 Å². The molecule has 2 N–H and O–H groups in total. The van der Waals surface area contributed by atoms with Crippen molar-refractivity contribution in [3.8, 4) is 5.75 Å². The summed E-state index contributed by atoms with van der Waals surface area (Å²) >= 11 is 0. The maximum atomic E-state index is 13.7. The second-order valence-corrected chi connectivity index (χ2v) is 4.85. The minimum absolute atomic E-state index is 0.121. The van der Waals surface area contributed by atoms with Crippen LogP contribution in [0.1, 0.15) is 31.0 Å². The highest BCUT2D eigenvalue weighted by atomic mass is 19.2. The summed E-state index contributed by atoms with van der Waals surface area (Å²) in [6.45, 7) is 4.10. The number of unbranched alkanes of at least 4 members (excludes halogenated alkanes) is 1. The summed E-state index contributed by atoms with van der Waals surface area (Å²) in [4.78, 5) is 3.99. The molecule has 2 rings (SSSR count). The lowest BCUT2D eigenvalue weighted by molar-refractivity contribution is 0.288. The molecule has 0 spiro atoms. The number of benzene rings is 1. The third-order valence-corrected chi connectivity index (χ3v) is 2.94. The Balaban J connectivity index is 2.22. The molecule has 0 unspecified atom stereocenters. The highest BCUT2D eigenvalue weighted by molar-refractivity contribution is 5.80. The Bertz CT molecular complexity index is 682. The second-order valence-electron chi connectivity index (χ2n) is 4.85. The average Bonchev–Trinajstić information content (AvgIpc) is 2.79. The number of halogens is 2. The van der Waals surface area contributed by atoms with Gasteiger partial charge in [0.1, 0.15) is 0 Å². The Hall–Kier alpha value is -2.44. The van der Waals surface area contributed by atoms with E-state index < -0.39 is 11.6 Å². The van der Waals surface area contributed by atoms with Gasteiger partial charge in [0.15, 0.2) is 11.6 Å². The molecular formula is C15H18F2N4O. The SMILES string of the molecule is CCCCOc1cc(C=Nn2cc(C)nc2N)cc(F)c1F. The predicted molar refractivity (Wildman–Crippen MR) is 81.1 cm³/mol. The van der Waals surface area contributed by atoms with E-state index >= 15 is 0 Å². The third-order valence-electron chi connectivity index (χ3n) is 2.94. The molecule has 0 aliphatic carbocycles. The van der Waals surface area contributed by atoms with Crippen molar-refractivity contribution in [2.24, 2.45) is 5.10 Å². The number of imidazole rings is 1. The van der Waals surface area contributed by atoms with E-state index in [0.717, 1.165) is 18.9 Å². The largest absolute Gasteiger partial charge is 0.490 e. The zero-order valence-electron chi connectivity index (χ0n) is 12.5. The van der Waals surface area contributed by atoms with Gasteiger partial charge in [0.25, 0.3) is 0 Å². The first-order chi connectivity index (χ1) is 10.5. The van der Waals surface area contributed by atoms with E-state index in [1.807, 2.05) is 6.92 Å². The van der Waals surface area contributed by atoms with Crippen molar-refractivity contribution >= 4 is 12.2 Å². The summed E-state index contributed by atoms with van der Waals surface area (Å²) in [6.07, 6.45) is 4.67. The minimum Gasteiger partial charge on any atom is -0.490 e. The Labute approximate surface area is 127 Å². The van der Waals surface area contributed by atoms with Crippen LogP contribution in [0.5, 0.6) is 5.75 Å². The van der Waals surface area contributed by atoms with E-state index in [2.05, 4.69) is 10.1 Å². The van der Waals surface area contributed by atoms with Crippen molar-refractivity contribution < 1.29 is 13.5 Å². The van der Waals surface area contributed by atoms with Gasteiger partial charge >= 0.3 is 0 Å². The van der Waals surface area contributed by atoms with Gasteiger partial charge in [0.2, 0.25) is 11.8 Å². The van der Waals surface area contributed by atoms with E-state index in [1.54, 1.807) is 13.1 Å². The third kappa shape index (κ3) is 3.81. The van der Waals surface area contributed by atoms with Crippen LogP contribution in [-0.4, -0.2) is 22.5 Å². The van der Waals surface area contributed by atoms with Gasteiger partial charge in [-0.05, 0) is 25.5 Å². The smallest absolute Gasteiger partial charge is 0.221 e. The van der Waals surface area contributed by atoms with Crippen molar-refractivity contribution in [2.75, 3.05) is 12.3 Å². The Morgan fingerprint density at radius 3 is 2.82 bits per heavy atom. The van der Waals surface area contributed by atoms with Gasteiger partial charge in [-0.25, -0.2) is 14.1 Å². The molecule has 2 aromatic rings. The lowest BCUT2D eigenvalue weighted by Gasteiger charge is -2.08. The number of nitrogens with zero attached hydrogens (tertiary/aromatic N) is 3. The normalized spacial score (nSPS) is 11.3. The molecule has 0 saturated carbocycles. The summed E-state index contributed by atoms with van der Waals surface area (Å²) in [7, 11) is 0. The van der Waals surface area contributed by atoms with Crippen molar-refractivity contribution in [1.82, 2.24) is 9.66 Å². The van der Waals surface area contributed by atoms with Crippen LogP contribution in [0.3, 0.4) is 0 Å². The summed E-state index contributed by atoms with van der Waals surface area (Å²) < 4.78 is 33.9. The lowest BCUT2D eigenvalue weighted by Crippen LogP contribution is -2.02. The quantitative estimate of drug-likeness (QED) is 0.658. The fourth-order valence-corrected chi connectivity index (χ4v) is 1.82. The van der Waals surface area contributed by atoms with Crippen molar-refractivity contribution in [1.29, 1.82) is 0 Å². The molecule has 5 nitrogen and oxygen atoms in total. The van der Waals surface area contributed by atoms with Crippen LogP contribution in [0.15, 0.2) is 23.4 Å². The molecule has 0 bridgehead atoms. The average molecular weight is 308 g/mol. The number of nitrogens with two attached hydrogens (primary N) is 1. The molecule has 0 aliphatic rings. The van der Waals surface area contributed by atoms with Gasteiger partial charge in [-0.2, -0.15) is 9.49 Å². The molecule has 1 aromatic heterocycles. The van der Waals surface area contributed by atoms with Gasteiger partial charge in [0.05, 0.1) is 24.7 Å². The minimum atomic E-state index is -0.994. The van der Waals surface area contributed by atoms with E-state index in [1.165, 1.54) is 17.0 Å². The maximum Gasteiger partial charge on any atom is 0.221 e. The second kappa shape index (κ2) is 7.02. The van der Waals surface area contributed by atoms with Crippen molar-refractivity contribution in [3.05, 3.63) is 41.2 Å². The molecule has 0 atom stereocenters. The topological polar surface area (TPSA) is 65.4 Å². The van der Waals surface area contributed by atoms with Gasteiger partial charge in [-0.3, -0.25) is 0 Å². The molecule has 1 heterocycles. The van der Waals surface area contributed by atoms with Gasteiger partial charge in [-0.1, -0.05) is 13.3 Å². The van der Waals surface area contributed by atoms with Gasteiger partial charge in [-0.15, -0.1) is 0 Å². The molecule has 1 aromatic carbocycles. The number of rotatable bonds is 6. The molecule has 0 saturated heterocycles. The van der Waals surface area contributed by atoms with Crippen LogP contribution in [0.4, 0.5) is 14.7 Å². The predicted octanol–water partition coefficient (Wildman–Crippen LogP) is 3.11. The fourth-order valence-electron chi connectivity index (χ4n) is 1.82. The van der Waals surface area contributed by atoms with Crippen LogP contribution < -0.4 is 10.5 Å². The number of aromatic nitrogens is 2. The number of aryl methyl sites for hydroxylation is 1. The van der Waals surface area contributed by atoms with Crippen molar-refractivity contribution in [2.45, 2.75) is 26.7 Å². The van der Waals surface area contributed by atoms with Gasteiger partial charge in [0, 0.05) is 5.56 Å². The summed E-state index contributed by atoms with van der Waals surface area (Å²) in [5.41, 5.74) is 6.73. The monoisotopic (exact) mass is 308 g/mol. The van der Waals surface area contributed by atoms with Crippen LogP contribution in [0, 0.1) is 18.6 Å². The van der Waals surface area contributed by atoms with Crippen LogP contribution in [-0.2, 0) is 0 Å². The van der Waals surface area contributed by atoms with Crippen LogP contribution >= 0.6 is 0 Å². The standard InChI is InChI=1S/C15H18F2N4O/c1-3-4-5-22-13-7-11(6-12(16)14(13)17)8-19-21-9-10(2)20-15(21)18/h6-9H,3-5H2,1-2H3,(H2,18,20). The van der Waals surface area contributed by atoms with Crippen LogP contribution in [0.2, 0.25) is 0 Å². The highest BCUT2D eigenvalue weighted by Crippen LogP contribution is 2.22. The Morgan fingerprint density at radius 1 is 1.41 bits per heavy atom. The molecule has 118 valence electrons. The fraction of sp³-hybridized carbons (Fsp3) is 0.333. The first kappa shape index (κ1) is 15.9. The van der Waals surface area contributed by atoms with Crippen LogP contribution in [0.25, 0.3) is 0 Å². The van der Waals surface area contributed by atoms with Crippen molar-refractivity contribution in [3.63, 3.8) is 0 Å². The summed E-state index contributed by atoms with van der Waals surface area (Å²) in [6, 6.07) is 2.45. The number of anilines is 1. The first-order valence-electron chi connectivity index (χ1n) is 6.99. The number of hydrogen-bond acceptors (Lipinski definition) is 4. The maximum absolute atomic E-state index is 13.7. The number of nitrogen functional groups attached to an aromatic ring is 1. The zero-order chi connectivity index (χ0) is 16.1. The zero-order valence-corrected chi connectivity index (χ0v) is 12.5. The molecule has 0 radical (unpaired) electrons. The first-order valence-corrected chi connectivity index (χ1v) is 6.99. The van der Waals surface area contributed by atoms with E-state index in [-0.39, 0.29) is 11.7 Å². The molecule has 22 heavy (non-hydrogen) atoms. The molecule has 0 amide bonds. The molecule has 0 aliphatic heterocycles. The Kier molecular flexibility index (Phi) is 5.08. The summed E-state index contributed by atoms with van der Waals surface area (Å²) in [5, 5.41) is 4.06. The number of ether oxygens (including phenoxy) is 1.